The summed E-state index contributed by atoms with van der Waals surface area (Å²) in [6, 6.07) is 83.5. The highest BCUT2D eigenvalue weighted by Crippen LogP contribution is 2.48. The molecule has 3 aromatic heterocycles. The monoisotopic (exact) mass is 1950 g/mol. The molecule has 0 saturated carbocycles. The molecule has 708 valence electrons. The Morgan fingerprint density at radius 3 is 0.929 bits per heavy atom. The van der Waals surface area contributed by atoms with Crippen molar-refractivity contribution in [3.8, 4) is 71.0 Å². The van der Waals surface area contributed by atoms with Gasteiger partial charge >= 0.3 is 0 Å². The summed E-state index contributed by atoms with van der Waals surface area (Å²) in [6.45, 7) is 38.5. The van der Waals surface area contributed by atoms with Gasteiger partial charge in [0.15, 0.2) is 0 Å². The van der Waals surface area contributed by atoms with Crippen LogP contribution in [0.4, 0.5) is 0 Å². The molecule has 4 atom stereocenters. The first kappa shape index (κ1) is 101. The maximum Gasteiger partial charge on any atom is 0.215 e. The number of sulfone groups is 1. The number of hydrogen-bond donors (Lipinski definition) is 0. The first-order valence-electron chi connectivity index (χ1n) is 48.2. The minimum absolute atomic E-state index is 0.284. The van der Waals surface area contributed by atoms with E-state index in [0.717, 1.165) is 157 Å². The number of ether oxygens (including phenoxy) is 6. The molecule has 140 heavy (non-hydrogen) atoms. The molecule has 0 aliphatic heterocycles. The third kappa shape index (κ3) is 21.8. The lowest BCUT2D eigenvalue weighted by Gasteiger charge is -2.20. The highest BCUT2D eigenvalue weighted by atomic mass is 32.2. The number of hydrogen-bond acceptors (Lipinski definition) is 13. The van der Waals surface area contributed by atoms with Crippen LogP contribution in [-0.2, 0) is 44.7 Å². The molecular weight excluding hydrogens is 1830 g/mol. The van der Waals surface area contributed by atoms with Gasteiger partial charge in [-0.15, -0.1) is 34.0 Å². The van der Waals surface area contributed by atoms with E-state index in [1.807, 2.05) is 133 Å². The zero-order valence-corrected chi connectivity index (χ0v) is 89.2. The molecule has 18 aromatic rings. The maximum atomic E-state index is 13.8. The first-order chi connectivity index (χ1) is 67.1. The third-order valence-corrected chi connectivity index (χ3v) is 34.7. The summed E-state index contributed by atoms with van der Waals surface area (Å²) in [6.07, 6.45) is 4.08. The largest absolute Gasteiger partial charge is 0.366 e. The smallest absolute Gasteiger partial charge is 0.215 e. The topological polar surface area (TPSA) is 89.5 Å². The Morgan fingerprint density at radius 1 is 0.321 bits per heavy atom. The number of fused-ring (bicyclic) bond motifs is 12. The lowest BCUT2D eigenvalue weighted by molar-refractivity contribution is 0.0359. The van der Waals surface area contributed by atoms with Gasteiger partial charge in [-0.25, -0.2) is 8.42 Å². The fourth-order valence-corrected chi connectivity index (χ4v) is 24.6. The van der Waals surface area contributed by atoms with Crippen LogP contribution in [0.1, 0.15) is 199 Å². The Morgan fingerprint density at radius 2 is 0.621 bits per heavy atom. The quantitative estimate of drug-likeness (QED) is 0.0543. The van der Waals surface area contributed by atoms with Gasteiger partial charge < -0.3 is 28.4 Å². The van der Waals surface area contributed by atoms with Crippen LogP contribution in [0.3, 0.4) is 0 Å². The lowest BCUT2D eigenvalue weighted by atomic mass is 9.89. The molecule has 0 spiro atoms. The fraction of sp³-hybridized carbons (Fsp3) is 0.286. The van der Waals surface area contributed by atoms with Gasteiger partial charge in [0, 0.05) is 115 Å². The van der Waals surface area contributed by atoms with Gasteiger partial charge in [-0.3, -0.25) is 0 Å². The number of rotatable bonds is 20. The van der Waals surface area contributed by atoms with Crippen molar-refractivity contribution in [2.45, 2.75) is 224 Å². The van der Waals surface area contributed by atoms with E-state index in [2.05, 4.69) is 327 Å². The minimum atomic E-state index is -3.70. The molecule has 0 saturated heterocycles. The van der Waals surface area contributed by atoms with Crippen molar-refractivity contribution in [1.82, 2.24) is 0 Å². The van der Waals surface area contributed by atoms with Crippen LogP contribution >= 0.6 is 57.5 Å². The van der Waals surface area contributed by atoms with E-state index < -0.39 is 43.4 Å². The van der Waals surface area contributed by atoms with Crippen molar-refractivity contribution in [3.63, 3.8) is 0 Å². The van der Waals surface area contributed by atoms with Gasteiger partial charge in [0.25, 0.3) is 0 Å². The summed E-state index contributed by atoms with van der Waals surface area (Å²) >= 11 is 8.60. The van der Waals surface area contributed by atoms with Crippen molar-refractivity contribution in [3.05, 3.63) is 287 Å². The van der Waals surface area contributed by atoms with Crippen LogP contribution in [0.15, 0.2) is 264 Å². The number of aryl methyl sites for hydroxylation is 2. The Labute approximate surface area is 847 Å². The van der Waals surface area contributed by atoms with E-state index in [1.165, 1.54) is 82.4 Å². The Bertz CT molecular complexity index is 8010. The van der Waals surface area contributed by atoms with Crippen LogP contribution in [-0.4, -0.2) is 83.7 Å². The van der Waals surface area contributed by atoms with E-state index in [1.54, 1.807) is 46.6 Å². The average Bonchev–Trinajstić information content (AvgIpc) is 1.25. The molecule has 0 N–H and O–H groups in total. The van der Waals surface area contributed by atoms with Crippen molar-refractivity contribution in [1.29, 1.82) is 0 Å². The summed E-state index contributed by atoms with van der Waals surface area (Å²) in [5, 5.41) is 22.9. The van der Waals surface area contributed by atoms with Crippen molar-refractivity contribution in [2.24, 2.45) is 0 Å². The summed E-state index contributed by atoms with van der Waals surface area (Å²) < 4.78 is 69.1. The molecule has 0 amide bonds. The van der Waals surface area contributed by atoms with E-state index >= 15 is 0 Å². The second-order valence-electron chi connectivity index (χ2n) is 37.8. The molecule has 0 bridgehead atoms. The third-order valence-electron chi connectivity index (χ3n) is 27.0. The van der Waals surface area contributed by atoms with E-state index in [4.69, 9.17) is 28.4 Å². The predicted octanol–water partition coefficient (Wildman–Crippen LogP) is 33.2. The second kappa shape index (κ2) is 42.2. The average molecular weight is 1950 g/mol. The minimum Gasteiger partial charge on any atom is -0.366 e. The summed E-state index contributed by atoms with van der Waals surface area (Å²) in [7, 11) is 3.15. The van der Waals surface area contributed by atoms with Crippen LogP contribution in [0, 0.1) is 78.0 Å². The molecule has 0 radical (unpaired) electrons. The SMILES string of the molecule is CCOC(C)(C)C#Cc1c2cc3ccccc3cc2c(C#CC(C)(C)OCC)c2cc3sc(Sc4cccc(C(C)C)c4)cc3cc12.CC[C@@](C)(C#Cc1c2cc3ccccc3cc2c(C#C[C@](C)(CC)OC)c2cc3sc(S(=O)(=O)c4ccc(C)cc4)cc3cc12)OC.CCc1ccc(Sc2cc3cc4c(C#C[C@@](C)(CC)OC)c5cc6ccccc6cc5c(C#C[C@](C)(CC)OC)c4cc3s2)cc1. The molecule has 18 rings (SSSR count). The molecule has 3 heterocycles. The molecular formula is C126H120O8S6. The van der Waals surface area contributed by atoms with Gasteiger partial charge in [0.1, 0.15) is 37.8 Å². The lowest BCUT2D eigenvalue weighted by Crippen LogP contribution is -2.23. The maximum absolute atomic E-state index is 13.8. The van der Waals surface area contributed by atoms with Crippen molar-refractivity contribution < 1.29 is 36.8 Å². The molecule has 0 aliphatic rings. The van der Waals surface area contributed by atoms with Gasteiger partial charge in [-0.05, 0) is 350 Å². The van der Waals surface area contributed by atoms with Crippen LogP contribution < -0.4 is 0 Å². The van der Waals surface area contributed by atoms with E-state index in [9.17, 15) is 8.42 Å². The van der Waals surface area contributed by atoms with Gasteiger partial charge in [-0.1, -0.05) is 258 Å². The molecule has 0 fully saturated rings. The molecule has 0 unspecified atom stereocenters. The summed E-state index contributed by atoms with van der Waals surface area (Å²) in [4.78, 5) is 2.80. The Kier molecular flexibility index (Phi) is 30.5. The second-order valence-corrected chi connectivity index (χ2v) is 45.9. The van der Waals surface area contributed by atoms with E-state index in [0.29, 0.717) is 23.3 Å². The highest BCUT2D eigenvalue weighted by Gasteiger charge is 2.29. The van der Waals surface area contributed by atoms with Crippen molar-refractivity contribution in [2.75, 3.05) is 41.7 Å². The van der Waals surface area contributed by atoms with Crippen LogP contribution in [0.2, 0.25) is 0 Å². The fourth-order valence-electron chi connectivity index (χ4n) is 17.2. The Hall–Kier alpha value is -11.7. The van der Waals surface area contributed by atoms with Gasteiger partial charge in [0.2, 0.25) is 9.84 Å². The first-order valence-corrected chi connectivity index (χ1v) is 53.8. The summed E-state index contributed by atoms with van der Waals surface area (Å²) in [5.41, 5.74) is 6.01. The molecule has 14 heteroatoms. The molecule has 0 aliphatic carbocycles. The molecule has 15 aromatic carbocycles. The molecule has 8 nitrogen and oxygen atoms in total. The number of thiophene rings is 3. The number of methoxy groups -OCH3 is 4. The van der Waals surface area contributed by atoms with Crippen LogP contribution in [0.25, 0.3) is 127 Å². The zero-order chi connectivity index (χ0) is 99.4. The Balaban J connectivity index is 0.000000151. The standard InChI is InChI=1S/C43H42O2S2.C42H40O2S2.C41H38O4S2/c1-9-44-42(5,6)20-18-34-36-23-30-14-11-12-15-31(30)24-37(36)35(19-21-43(7,8)45-10-2)39-27-40-32(25-38(34)39)26-41(47-40)46-33-17-13-16-29(22-33)28(3)4;1-8-28-15-17-32(18-16-28)45-40-26-31-25-37-33(19-21-41(4,9-2)43-6)35-23-29-13-11-12-14-30(29)24-36(35)34(38(37)27-39(31)46-40)20-22-42(5,10-3)44-7;1-8-40(4,44-6)20-18-32-34-22-28-12-10-11-13-29(28)23-35(34)33(19-21-41(5,9-2)45-7)37-26-38-30(24-36(32)37)25-39(46-38)47(42,43)31-16-14-27(3)15-17-31/h11-17,22-28H,9-10H2,1-8H3;11-18,23-27H,8-10H2,1-7H3;10-17,22-26H,8-9H2,1-7H3/t;41-,42+;40-,41-/m.10/s1. The predicted molar refractivity (Wildman–Crippen MR) is 600 cm³/mol. The van der Waals surface area contributed by atoms with Crippen LogP contribution in [0.5, 0.6) is 0 Å². The van der Waals surface area contributed by atoms with Gasteiger partial charge in [-0.2, -0.15) is 0 Å². The van der Waals surface area contributed by atoms with Gasteiger partial charge in [0.05, 0.1) is 13.3 Å². The zero-order valence-electron chi connectivity index (χ0n) is 84.3. The normalized spacial score (nSPS) is 13.5. The van der Waals surface area contributed by atoms with Crippen molar-refractivity contribution >= 4 is 195 Å². The summed E-state index contributed by atoms with van der Waals surface area (Å²) in [5.74, 6) is 42.9. The van der Waals surface area contributed by atoms with E-state index in [-0.39, 0.29) is 4.90 Å². The highest BCUT2D eigenvalue weighted by molar-refractivity contribution is 8.01. The number of benzene rings is 15.